The van der Waals surface area contributed by atoms with Crippen molar-refractivity contribution in [3.05, 3.63) is 187 Å². The molecular weight excluding hydrogens is 635 g/mol. The van der Waals surface area contributed by atoms with E-state index in [1.54, 1.807) is 0 Å². The molecule has 0 saturated carbocycles. The van der Waals surface area contributed by atoms with Crippen LogP contribution >= 0.6 is 11.3 Å². The molecule has 0 spiro atoms. The second kappa shape index (κ2) is 11.6. The number of hydrogen-bond donors (Lipinski definition) is 0. The van der Waals surface area contributed by atoms with E-state index in [1.807, 2.05) is 11.3 Å². The Kier molecular flexibility index (Phi) is 6.78. The highest BCUT2D eigenvalue weighted by atomic mass is 32.1. The monoisotopic (exact) mass is 669 g/mol. The third kappa shape index (κ3) is 4.75. The first-order valence-corrected chi connectivity index (χ1v) is 18.5. The highest BCUT2D eigenvalue weighted by Gasteiger charge is 2.37. The molecule has 242 valence electrons. The lowest BCUT2D eigenvalue weighted by Gasteiger charge is -2.29. The molecule has 0 N–H and O–H groups in total. The predicted molar refractivity (Wildman–Crippen MR) is 220 cm³/mol. The summed E-state index contributed by atoms with van der Waals surface area (Å²) >= 11 is 1.88. The summed E-state index contributed by atoms with van der Waals surface area (Å²) in [6.07, 6.45) is 0. The molecule has 0 atom stereocenters. The molecule has 9 aromatic rings. The van der Waals surface area contributed by atoms with Gasteiger partial charge in [0.1, 0.15) is 0 Å². The third-order valence-electron chi connectivity index (χ3n) is 10.9. The van der Waals surface area contributed by atoms with Gasteiger partial charge in [-0.2, -0.15) is 0 Å². The van der Waals surface area contributed by atoms with Crippen LogP contribution in [0, 0.1) is 0 Å². The molecule has 1 aromatic heterocycles. The van der Waals surface area contributed by atoms with E-state index in [4.69, 9.17) is 0 Å². The fourth-order valence-corrected chi connectivity index (χ4v) is 9.45. The summed E-state index contributed by atoms with van der Waals surface area (Å²) in [5.74, 6) is 0. The van der Waals surface area contributed by atoms with E-state index in [9.17, 15) is 0 Å². The number of benzene rings is 8. The molecule has 0 saturated heterocycles. The average molecular weight is 670 g/mol. The summed E-state index contributed by atoms with van der Waals surface area (Å²) in [5, 5.41) is 5.28. The fraction of sp³-hybridized carbons (Fsp3) is 0.0612. The van der Waals surface area contributed by atoms with Crippen LogP contribution in [0.4, 0.5) is 17.1 Å². The standard InChI is InChI=1S/C49H35NS/c1-49(2)42-18-8-6-16-39(42)48-43(49)19-11-20-44(48)50(38-15-10-14-35(30-38)32-12-4-3-5-13-32)37-27-24-33(25-28-37)36-23-22-34-26-29-46-47(41(34)31-36)40-17-7-9-21-45(40)51-46/h3-31H,1-2H3. The molecule has 1 aliphatic carbocycles. The SMILES string of the molecule is CC1(C)c2ccccc2-c2c(N(c3ccc(-c4ccc5ccc6sc7ccccc7c6c5c4)cc3)c3cccc(-c4ccccc4)c3)cccc21. The second-order valence-corrected chi connectivity index (χ2v) is 15.2. The highest BCUT2D eigenvalue weighted by molar-refractivity contribution is 7.26. The van der Waals surface area contributed by atoms with Crippen LogP contribution in [0.15, 0.2) is 176 Å². The van der Waals surface area contributed by atoms with E-state index in [1.165, 1.54) is 81.1 Å². The van der Waals surface area contributed by atoms with Crippen molar-refractivity contribution >= 4 is 59.3 Å². The van der Waals surface area contributed by atoms with Crippen LogP contribution < -0.4 is 4.90 Å². The van der Waals surface area contributed by atoms with E-state index in [0.29, 0.717) is 0 Å². The van der Waals surface area contributed by atoms with E-state index in [-0.39, 0.29) is 5.41 Å². The maximum absolute atomic E-state index is 2.45. The first-order valence-electron chi connectivity index (χ1n) is 17.7. The molecule has 1 heterocycles. The molecule has 0 radical (unpaired) electrons. The predicted octanol–water partition coefficient (Wildman–Crippen LogP) is 14.3. The van der Waals surface area contributed by atoms with Crippen LogP contribution in [0.2, 0.25) is 0 Å². The lowest BCUT2D eigenvalue weighted by atomic mass is 9.82. The van der Waals surface area contributed by atoms with E-state index in [2.05, 4.69) is 195 Å². The normalized spacial score (nSPS) is 13.1. The summed E-state index contributed by atoms with van der Waals surface area (Å²) in [7, 11) is 0. The van der Waals surface area contributed by atoms with Crippen molar-refractivity contribution < 1.29 is 0 Å². The Labute approximate surface area is 302 Å². The van der Waals surface area contributed by atoms with Gasteiger partial charge in [0.05, 0.1) is 5.69 Å². The van der Waals surface area contributed by atoms with Crippen molar-refractivity contribution in [2.75, 3.05) is 4.90 Å². The molecule has 8 aromatic carbocycles. The number of rotatable bonds is 5. The molecule has 0 aliphatic heterocycles. The van der Waals surface area contributed by atoms with Crippen molar-refractivity contribution in [2.24, 2.45) is 0 Å². The van der Waals surface area contributed by atoms with Crippen LogP contribution in [0.3, 0.4) is 0 Å². The molecule has 1 nitrogen and oxygen atoms in total. The maximum Gasteiger partial charge on any atom is 0.0543 e. The number of anilines is 3. The first-order chi connectivity index (χ1) is 25.0. The minimum Gasteiger partial charge on any atom is -0.310 e. The summed E-state index contributed by atoms with van der Waals surface area (Å²) in [5.41, 5.74) is 13.6. The van der Waals surface area contributed by atoms with E-state index >= 15 is 0 Å². The molecule has 0 unspecified atom stereocenters. The number of thiophene rings is 1. The zero-order valence-corrected chi connectivity index (χ0v) is 29.4. The fourth-order valence-electron chi connectivity index (χ4n) is 8.33. The minimum absolute atomic E-state index is 0.0847. The van der Waals surface area contributed by atoms with E-state index in [0.717, 1.165) is 11.4 Å². The second-order valence-electron chi connectivity index (χ2n) is 14.1. The Morgan fingerprint density at radius 1 is 0.451 bits per heavy atom. The minimum atomic E-state index is -0.0847. The van der Waals surface area contributed by atoms with Gasteiger partial charge < -0.3 is 4.90 Å². The molecule has 0 amide bonds. The van der Waals surface area contributed by atoms with Crippen molar-refractivity contribution in [3.8, 4) is 33.4 Å². The summed E-state index contributed by atoms with van der Waals surface area (Å²) in [4.78, 5) is 2.45. The topological polar surface area (TPSA) is 3.24 Å². The van der Waals surface area contributed by atoms with Gasteiger partial charge in [0.25, 0.3) is 0 Å². The molecule has 10 rings (SSSR count). The maximum atomic E-state index is 2.45. The number of hydrogen-bond acceptors (Lipinski definition) is 2. The van der Waals surface area contributed by atoms with Gasteiger partial charge in [-0.15, -0.1) is 11.3 Å². The van der Waals surface area contributed by atoms with Crippen LogP contribution in [0.1, 0.15) is 25.0 Å². The third-order valence-corrected chi connectivity index (χ3v) is 12.0. The molecule has 2 heteroatoms. The first kappa shape index (κ1) is 29.9. The van der Waals surface area contributed by atoms with Crippen LogP contribution in [0.5, 0.6) is 0 Å². The lowest BCUT2D eigenvalue weighted by Crippen LogP contribution is -2.16. The van der Waals surface area contributed by atoms with Gasteiger partial charge in [0, 0.05) is 42.5 Å². The Morgan fingerprint density at radius 2 is 1.12 bits per heavy atom. The van der Waals surface area contributed by atoms with Gasteiger partial charge in [0.15, 0.2) is 0 Å². The molecule has 0 fully saturated rings. The molecule has 0 bridgehead atoms. The zero-order chi connectivity index (χ0) is 34.1. The number of nitrogens with zero attached hydrogens (tertiary/aromatic N) is 1. The van der Waals surface area contributed by atoms with E-state index < -0.39 is 0 Å². The van der Waals surface area contributed by atoms with Gasteiger partial charge in [-0.3, -0.25) is 0 Å². The summed E-state index contributed by atoms with van der Waals surface area (Å²) < 4.78 is 2.68. The lowest BCUT2D eigenvalue weighted by molar-refractivity contribution is 0.660. The van der Waals surface area contributed by atoms with Gasteiger partial charge in [0.2, 0.25) is 0 Å². The molecule has 1 aliphatic rings. The van der Waals surface area contributed by atoms with Gasteiger partial charge >= 0.3 is 0 Å². The van der Waals surface area contributed by atoms with Gasteiger partial charge in [-0.1, -0.05) is 141 Å². The summed E-state index contributed by atoms with van der Waals surface area (Å²) in [6, 6.07) is 64.8. The Balaban J connectivity index is 1.14. The van der Waals surface area contributed by atoms with Gasteiger partial charge in [-0.05, 0) is 98.2 Å². The Bertz CT molecular complexity index is 2770. The van der Waals surface area contributed by atoms with Gasteiger partial charge in [-0.25, -0.2) is 0 Å². The Hall–Kier alpha value is -5.96. The van der Waals surface area contributed by atoms with Crippen molar-refractivity contribution in [2.45, 2.75) is 19.3 Å². The highest BCUT2D eigenvalue weighted by Crippen LogP contribution is 2.54. The largest absolute Gasteiger partial charge is 0.310 e. The zero-order valence-electron chi connectivity index (χ0n) is 28.6. The number of fused-ring (bicyclic) bond motifs is 8. The average Bonchev–Trinajstić information content (AvgIpc) is 3.68. The quantitative estimate of drug-likeness (QED) is 0.176. The molecular formula is C49H35NS. The summed E-state index contributed by atoms with van der Waals surface area (Å²) in [6.45, 7) is 4.71. The van der Waals surface area contributed by atoms with Crippen LogP contribution in [0.25, 0.3) is 64.3 Å². The molecule has 51 heavy (non-hydrogen) atoms. The van der Waals surface area contributed by atoms with Crippen molar-refractivity contribution in [1.29, 1.82) is 0 Å². The Morgan fingerprint density at radius 3 is 2.00 bits per heavy atom. The smallest absolute Gasteiger partial charge is 0.0543 e. The van der Waals surface area contributed by atoms with Crippen molar-refractivity contribution in [3.63, 3.8) is 0 Å². The van der Waals surface area contributed by atoms with Crippen LogP contribution in [-0.2, 0) is 5.41 Å². The van der Waals surface area contributed by atoms with Crippen LogP contribution in [-0.4, -0.2) is 0 Å². The van der Waals surface area contributed by atoms with Crippen molar-refractivity contribution in [1.82, 2.24) is 0 Å².